The number of hydrogen-bond acceptors (Lipinski definition) is 2. The summed E-state index contributed by atoms with van der Waals surface area (Å²) < 4.78 is 5.88. The average Bonchev–Trinajstić information content (AvgIpc) is 2.88. The third-order valence-corrected chi connectivity index (χ3v) is 5.42. The van der Waals surface area contributed by atoms with E-state index in [1.807, 2.05) is 7.11 Å². The summed E-state index contributed by atoms with van der Waals surface area (Å²) in [5.41, 5.74) is 6.65. The summed E-state index contributed by atoms with van der Waals surface area (Å²) in [7, 11) is 1.87. The second-order valence-corrected chi connectivity index (χ2v) is 6.12. The molecule has 2 saturated carbocycles. The molecule has 0 heterocycles. The normalized spacial score (nSPS) is 34.8. The smallest absolute Gasteiger partial charge is 0.0831 e. The zero-order valence-electron chi connectivity index (χ0n) is 11.6. The summed E-state index contributed by atoms with van der Waals surface area (Å²) in [5.74, 6) is 1.54. The largest absolute Gasteiger partial charge is 0.377 e. The molecule has 0 bridgehead atoms. The van der Waals surface area contributed by atoms with Crippen LogP contribution in [0.25, 0.3) is 0 Å². The highest BCUT2D eigenvalue weighted by Gasteiger charge is 2.45. The molecule has 0 spiro atoms. The molecule has 0 aliphatic heterocycles. The summed E-state index contributed by atoms with van der Waals surface area (Å²) in [6, 6.07) is 0.264. The van der Waals surface area contributed by atoms with Gasteiger partial charge in [-0.3, -0.25) is 0 Å². The average molecular weight is 239 g/mol. The quantitative estimate of drug-likeness (QED) is 0.815. The van der Waals surface area contributed by atoms with E-state index in [1.165, 1.54) is 57.8 Å². The van der Waals surface area contributed by atoms with Gasteiger partial charge in [-0.1, -0.05) is 45.4 Å². The van der Waals surface area contributed by atoms with Gasteiger partial charge in [-0.25, -0.2) is 0 Å². The molecule has 0 aromatic rings. The molecule has 2 nitrogen and oxygen atoms in total. The van der Waals surface area contributed by atoms with Crippen molar-refractivity contribution in [2.45, 2.75) is 76.4 Å². The Bertz CT molecular complexity index is 235. The molecule has 0 amide bonds. The maximum atomic E-state index is 6.64. The van der Waals surface area contributed by atoms with Crippen molar-refractivity contribution in [3.63, 3.8) is 0 Å². The minimum atomic E-state index is 0.00935. The van der Waals surface area contributed by atoms with Gasteiger partial charge in [-0.2, -0.15) is 0 Å². The lowest BCUT2D eigenvalue weighted by atomic mass is 9.69. The van der Waals surface area contributed by atoms with E-state index in [0.717, 1.165) is 5.92 Å². The minimum Gasteiger partial charge on any atom is -0.377 e. The van der Waals surface area contributed by atoms with Crippen molar-refractivity contribution < 1.29 is 4.74 Å². The molecule has 2 aliphatic carbocycles. The van der Waals surface area contributed by atoms with Gasteiger partial charge in [0.15, 0.2) is 0 Å². The molecule has 2 heteroatoms. The summed E-state index contributed by atoms with van der Waals surface area (Å²) in [5, 5.41) is 0. The van der Waals surface area contributed by atoms with Crippen molar-refractivity contribution >= 4 is 0 Å². The molecule has 100 valence electrons. The van der Waals surface area contributed by atoms with E-state index in [2.05, 4.69) is 6.92 Å². The van der Waals surface area contributed by atoms with Gasteiger partial charge in [0.2, 0.25) is 0 Å². The number of nitrogens with two attached hydrogens (primary N) is 1. The number of rotatable bonds is 4. The number of methoxy groups -OCH3 is 1. The molecule has 3 atom stereocenters. The summed E-state index contributed by atoms with van der Waals surface area (Å²) in [4.78, 5) is 0. The Kier molecular flexibility index (Phi) is 4.48. The van der Waals surface area contributed by atoms with E-state index in [4.69, 9.17) is 10.5 Å². The Morgan fingerprint density at radius 2 is 1.82 bits per heavy atom. The third kappa shape index (κ3) is 2.53. The molecule has 2 N–H and O–H groups in total. The first-order valence-electron chi connectivity index (χ1n) is 7.54. The zero-order chi connectivity index (χ0) is 12.3. The Balaban J connectivity index is 2.08. The van der Waals surface area contributed by atoms with Crippen LogP contribution in [0.5, 0.6) is 0 Å². The van der Waals surface area contributed by atoms with Gasteiger partial charge in [0.1, 0.15) is 0 Å². The SMILES string of the molecule is CCC1CCCCC1C(N)C1(OC)CCCC1. The molecular weight excluding hydrogens is 210 g/mol. The molecule has 0 saturated heterocycles. The first-order valence-corrected chi connectivity index (χ1v) is 7.54. The predicted octanol–water partition coefficient (Wildman–Crippen LogP) is 3.49. The van der Waals surface area contributed by atoms with Gasteiger partial charge in [-0.15, -0.1) is 0 Å². The molecule has 17 heavy (non-hydrogen) atoms. The molecule has 0 aromatic heterocycles. The van der Waals surface area contributed by atoms with Crippen LogP contribution in [0.4, 0.5) is 0 Å². The van der Waals surface area contributed by atoms with Crippen LogP contribution < -0.4 is 5.73 Å². The van der Waals surface area contributed by atoms with Gasteiger partial charge >= 0.3 is 0 Å². The molecule has 2 fully saturated rings. The fourth-order valence-corrected chi connectivity index (χ4v) is 4.25. The third-order valence-electron chi connectivity index (χ3n) is 5.42. The lowest BCUT2D eigenvalue weighted by Gasteiger charge is -2.43. The van der Waals surface area contributed by atoms with Crippen LogP contribution in [0.15, 0.2) is 0 Å². The standard InChI is InChI=1S/C15H29NO/c1-3-12-8-4-5-9-13(12)14(16)15(17-2)10-6-7-11-15/h12-14H,3-11,16H2,1-2H3. The maximum Gasteiger partial charge on any atom is 0.0831 e. The van der Waals surface area contributed by atoms with Crippen molar-refractivity contribution in [1.29, 1.82) is 0 Å². The first-order chi connectivity index (χ1) is 8.23. The second-order valence-electron chi connectivity index (χ2n) is 6.12. The van der Waals surface area contributed by atoms with Crippen LogP contribution in [0.1, 0.15) is 64.7 Å². The van der Waals surface area contributed by atoms with Gasteiger partial charge in [-0.05, 0) is 31.1 Å². The highest BCUT2D eigenvalue weighted by atomic mass is 16.5. The summed E-state index contributed by atoms with van der Waals surface area (Å²) in [6.07, 6.45) is 11.7. The zero-order valence-corrected chi connectivity index (χ0v) is 11.6. The molecule has 2 aliphatic rings. The Morgan fingerprint density at radius 3 is 2.41 bits per heavy atom. The highest BCUT2D eigenvalue weighted by molar-refractivity contribution is 5.00. The fourth-order valence-electron chi connectivity index (χ4n) is 4.25. The van der Waals surface area contributed by atoms with Crippen molar-refractivity contribution in [2.24, 2.45) is 17.6 Å². The monoisotopic (exact) mass is 239 g/mol. The van der Waals surface area contributed by atoms with E-state index in [0.29, 0.717) is 5.92 Å². The maximum absolute atomic E-state index is 6.64. The lowest BCUT2D eigenvalue weighted by molar-refractivity contribution is -0.0532. The van der Waals surface area contributed by atoms with Crippen molar-refractivity contribution in [3.8, 4) is 0 Å². The van der Waals surface area contributed by atoms with Crippen LogP contribution in [0.2, 0.25) is 0 Å². The minimum absolute atomic E-state index is 0.00935. The van der Waals surface area contributed by atoms with E-state index in [-0.39, 0.29) is 11.6 Å². The molecule has 0 radical (unpaired) electrons. The van der Waals surface area contributed by atoms with E-state index >= 15 is 0 Å². The van der Waals surface area contributed by atoms with Crippen LogP contribution in [0, 0.1) is 11.8 Å². The van der Waals surface area contributed by atoms with Crippen LogP contribution in [-0.2, 0) is 4.74 Å². The predicted molar refractivity (Wildman–Crippen MR) is 71.9 cm³/mol. The second kappa shape index (κ2) is 5.71. The first kappa shape index (κ1) is 13.4. The van der Waals surface area contributed by atoms with Crippen molar-refractivity contribution in [1.82, 2.24) is 0 Å². The molecular formula is C15H29NO. The molecule has 0 aromatic carbocycles. The Labute approximate surface area is 106 Å². The van der Waals surface area contributed by atoms with Crippen LogP contribution in [0.3, 0.4) is 0 Å². The Hall–Kier alpha value is -0.0800. The van der Waals surface area contributed by atoms with Crippen molar-refractivity contribution in [3.05, 3.63) is 0 Å². The van der Waals surface area contributed by atoms with E-state index < -0.39 is 0 Å². The van der Waals surface area contributed by atoms with Crippen LogP contribution >= 0.6 is 0 Å². The topological polar surface area (TPSA) is 35.2 Å². The number of ether oxygens (including phenoxy) is 1. The van der Waals surface area contributed by atoms with Gasteiger partial charge in [0, 0.05) is 13.2 Å². The van der Waals surface area contributed by atoms with Crippen molar-refractivity contribution in [2.75, 3.05) is 7.11 Å². The van der Waals surface area contributed by atoms with Gasteiger partial charge in [0.05, 0.1) is 5.60 Å². The summed E-state index contributed by atoms with van der Waals surface area (Å²) in [6.45, 7) is 2.32. The van der Waals surface area contributed by atoms with Gasteiger partial charge < -0.3 is 10.5 Å². The van der Waals surface area contributed by atoms with E-state index in [9.17, 15) is 0 Å². The molecule has 3 unspecified atom stereocenters. The lowest BCUT2D eigenvalue weighted by Crippen LogP contribution is -2.54. The van der Waals surface area contributed by atoms with E-state index in [1.54, 1.807) is 0 Å². The fraction of sp³-hybridized carbons (Fsp3) is 1.00. The Morgan fingerprint density at radius 1 is 1.18 bits per heavy atom. The molecule has 2 rings (SSSR count). The van der Waals surface area contributed by atoms with Gasteiger partial charge in [0.25, 0.3) is 0 Å². The number of hydrogen-bond donors (Lipinski definition) is 1. The summed E-state index contributed by atoms with van der Waals surface area (Å²) >= 11 is 0. The van der Waals surface area contributed by atoms with Crippen LogP contribution in [-0.4, -0.2) is 18.8 Å². The highest BCUT2D eigenvalue weighted by Crippen LogP contribution is 2.43.